The number of amides is 1. The summed E-state index contributed by atoms with van der Waals surface area (Å²) in [6.07, 6.45) is 4.38. The van der Waals surface area contributed by atoms with E-state index in [2.05, 4.69) is 6.92 Å². The van der Waals surface area contributed by atoms with Gasteiger partial charge in [0.2, 0.25) is 11.7 Å². The van der Waals surface area contributed by atoms with Crippen LogP contribution in [0.2, 0.25) is 0 Å². The van der Waals surface area contributed by atoms with Gasteiger partial charge in [0.05, 0.1) is 13.5 Å². The number of Topliss-reactive ketones (excluding diaryl/α,β-unsaturated/α-hetero) is 1. The Kier molecular flexibility index (Phi) is 5.82. The van der Waals surface area contributed by atoms with E-state index >= 15 is 0 Å². The number of methoxy groups -OCH3 is 1. The minimum absolute atomic E-state index is 0.0735. The Morgan fingerprint density at radius 1 is 1.29 bits per heavy atom. The Hall–Kier alpha value is -2.30. The third-order valence-electron chi connectivity index (χ3n) is 5.53. The molecular formula is C23H31NO4. The second-order valence-corrected chi connectivity index (χ2v) is 8.70. The zero-order valence-electron chi connectivity index (χ0n) is 17.6. The third kappa shape index (κ3) is 3.94. The van der Waals surface area contributed by atoms with Crippen molar-refractivity contribution in [2.24, 2.45) is 5.41 Å². The Morgan fingerprint density at radius 3 is 2.68 bits per heavy atom. The first kappa shape index (κ1) is 20.4. The fourth-order valence-corrected chi connectivity index (χ4v) is 4.00. The third-order valence-corrected chi connectivity index (χ3v) is 5.53. The number of hydrogen-bond acceptors (Lipinski definition) is 4. The van der Waals surface area contributed by atoms with Gasteiger partial charge in [0, 0.05) is 29.0 Å². The van der Waals surface area contributed by atoms with Crippen LogP contribution in [0.4, 0.5) is 0 Å². The standard InChI is InChI=1S/C23H31NO4/c1-6-8-15-9-7-12-24(15)20(25)14-18-17-13-16(27-5)10-11-19(17)28-21(18)22(26)23(2,3)4/h10-11,13,15H,6-9,12,14H2,1-5H3. The van der Waals surface area contributed by atoms with Gasteiger partial charge in [-0.25, -0.2) is 0 Å². The van der Waals surface area contributed by atoms with Gasteiger partial charge in [-0.2, -0.15) is 0 Å². The Labute approximate surface area is 167 Å². The van der Waals surface area contributed by atoms with Crippen LogP contribution in [0.5, 0.6) is 5.75 Å². The minimum atomic E-state index is -0.589. The molecule has 1 aromatic heterocycles. The predicted octanol–water partition coefficient (Wildman–Crippen LogP) is 5.00. The van der Waals surface area contributed by atoms with Crippen molar-refractivity contribution in [1.29, 1.82) is 0 Å². The lowest BCUT2D eigenvalue weighted by atomic mass is 9.87. The molecule has 2 aromatic rings. The van der Waals surface area contributed by atoms with Crippen molar-refractivity contribution in [3.05, 3.63) is 29.5 Å². The van der Waals surface area contributed by atoms with Crippen LogP contribution in [0.15, 0.2) is 22.6 Å². The van der Waals surface area contributed by atoms with Gasteiger partial charge >= 0.3 is 0 Å². The molecule has 1 atom stereocenters. The number of carbonyl (C=O) groups is 2. The van der Waals surface area contributed by atoms with Crippen LogP contribution in [0, 0.1) is 5.41 Å². The van der Waals surface area contributed by atoms with E-state index in [1.165, 1.54) is 0 Å². The molecule has 5 heteroatoms. The van der Waals surface area contributed by atoms with Crippen molar-refractivity contribution in [2.45, 2.75) is 65.8 Å². The van der Waals surface area contributed by atoms with Crippen LogP contribution in [-0.2, 0) is 11.2 Å². The fraction of sp³-hybridized carbons (Fsp3) is 0.565. The lowest BCUT2D eigenvalue weighted by Gasteiger charge is -2.24. The number of ether oxygens (including phenoxy) is 1. The molecule has 5 nitrogen and oxygen atoms in total. The van der Waals surface area contributed by atoms with Gasteiger partial charge in [0.1, 0.15) is 11.3 Å². The molecule has 1 saturated heterocycles. The van der Waals surface area contributed by atoms with Crippen LogP contribution in [0.1, 0.15) is 69.5 Å². The molecule has 152 valence electrons. The van der Waals surface area contributed by atoms with Gasteiger partial charge in [0.15, 0.2) is 5.76 Å². The summed E-state index contributed by atoms with van der Waals surface area (Å²) in [6, 6.07) is 5.78. The van der Waals surface area contributed by atoms with Crippen LogP contribution in [-0.4, -0.2) is 36.3 Å². The van der Waals surface area contributed by atoms with E-state index in [1.54, 1.807) is 19.2 Å². The molecule has 2 heterocycles. The molecule has 28 heavy (non-hydrogen) atoms. The van der Waals surface area contributed by atoms with Gasteiger partial charge < -0.3 is 14.1 Å². The van der Waals surface area contributed by atoms with Crippen LogP contribution in [0.3, 0.4) is 0 Å². The highest BCUT2D eigenvalue weighted by molar-refractivity contribution is 6.04. The van der Waals surface area contributed by atoms with Crippen molar-refractivity contribution < 1.29 is 18.7 Å². The summed E-state index contributed by atoms with van der Waals surface area (Å²) in [5.41, 5.74) is 0.706. The van der Waals surface area contributed by atoms with Crippen LogP contribution in [0.25, 0.3) is 11.0 Å². The fourth-order valence-electron chi connectivity index (χ4n) is 4.00. The summed E-state index contributed by atoms with van der Waals surface area (Å²) in [5, 5.41) is 0.784. The summed E-state index contributed by atoms with van der Waals surface area (Å²) >= 11 is 0. The number of nitrogens with zero attached hydrogens (tertiary/aromatic N) is 1. The van der Waals surface area contributed by atoms with Crippen molar-refractivity contribution in [2.75, 3.05) is 13.7 Å². The van der Waals surface area contributed by atoms with E-state index in [0.29, 0.717) is 28.7 Å². The Balaban J connectivity index is 2.02. The lowest BCUT2D eigenvalue weighted by molar-refractivity contribution is -0.131. The van der Waals surface area contributed by atoms with E-state index in [1.807, 2.05) is 31.7 Å². The zero-order chi connectivity index (χ0) is 20.5. The minimum Gasteiger partial charge on any atom is -0.497 e. The molecule has 1 aromatic carbocycles. The quantitative estimate of drug-likeness (QED) is 0.656. The molecule has 3 rings (SSSR count). The highest BCUT2D eigenvalue weighted by atomic mass is 16.5. The molecular weight excluding hydrogens is 354 g/mol. The van der Waals surface area contributed by atoms with Crippen molar-refractivity contribution in [3.8, 4) is 5.75 Å². The van der Waals surface area contributed by atoms with Crippen LogP contribution >= 0.6 is 0 Å². The van der Waals surface area contributed by atoms with E-state index in [-0.39, 0.29) is 18.1 Å². The lowest BCUT2D eigenvalue weighted by Crippen LogP contribution is -2.36. The summed E-state index contributed by atoms with van der Waals surface area (Å²) in [6.45, 7) is 8.55. The largest absolute Gasteiger partial charge is 0.497 e. The number of benzene rings is 1. The first-order valence-corrected chi connectivity index (χ1v) is 10.2. The van der Waals surface area contributed by atoms with E-state index in [4.69, 9.17) is 9.15 Å². The predicted molar refractivity (Wildman–Crippen MR) is 110 cm³/mol. The molecule has 0 N–H and O–H groups in total. The second-order valence-electron chi connectivity index (χ2n) is 8.70. The van der Waals surface area contributed by atoms with Gasteiger partial charge in [-0.3, -0.25) is 9.59 Å². The average molecular weight is 386 g/mol. The Bertz CT molecular complexity index is 875. The molecule has 1 fully saturated rings. The van der Waals surface area contributed by atoms with E-state index in [0.717, 1.165) is 37.6 Å². The maximum atomic E-state index is 13.2. The SMILES string of the molecule is CCCC1CCCN1C(=O)Cc1c(C(=O)C(C)(C)C)oc2ccc(OC)cc12. The van der Waals surface area contributed by atoms with Gasteiger partial charge in [-0.1, -0.05) is 34.1 Å². The summed E-state index contributed by atoms with van der Waals surface area (Å²) < 4.78 is 11.3. The summed E-state index contributed by atoms with van der Waals surface area (Å²) in [7, 11) is 1.60. The average Bonchev–Trinajstić information content (AvgIpc) is 3.25. The normalized spacial score (nSPS) is 17.3. The van der Waals surface area contributed by atoms with Crippen molar-refractivity contribution in [3.63, 3.8) is 0 Å². The molecule has 0 spiro atoms. The Morgan fingerprint density at radius 2 is 2.04 bits per heavy atom. The van der Waals surface area contributed by atoms with E-state index in [9.17, 15) is 9.59 Å². The molecule has 0 saturated carbocycles. The van der Waals surface area contributed by atoms with E-state index < -0.39 is 5.41 Å². The molecule has 0 bridgehead atoms. The first-order chi connectivity index (χ1) is 13.3. The molecule has 1 aliphatic rings. The van der Waals surface area contributed by atoms with Gasteiger partial charge in [0.25, 0.3) is 0 Å². The van der Waals surface area contributed by atoms with Crippen LogP contribution < -0.4 is 4.74 Å². The van der Waals surface area contributed by atoms with Gasteiger partial charge in [-0.15, -0.1) is 0 Å². The molecule has 0 aliphatic carbocycles. The van der Waals surface area contributed by atoms with Gasteiger partial charge in [-0.05, 0) is 37.5 Å². The summed E-state index contributed by atoms with van der Waals surface area (Å²) in [4.78, 5) is 28.2. The maximum absolute atomic E-state index is 13.2. The smallest absolute Gasteiger partial charge is 0.227 e. The number of rotatable bonds is 6. The zero-order valence-corrected chi connectivity index (χ0v) is 17.6. The monoisotopic (exact) mass is 385 g/mol. The number of furan rings is 1. The highest BCUT2D eigenvalue weighted by Crippen LogP contribution is 2.34. The molecule has 1 amide bonds. The van der Waals surface area contributed by atoms with Crippen molar-refractivity contribution in [1.82, 2.24) is 4.90 Å². The maximum Gasteiger partial charge on any atom is 0.227 e. The second kappa shape index (κ2) is 7.98. The van der Waals surface area contributed by atoms with Crippen molar-refractivity contribution >= 4 is 22.7 Å². The first-order valence-electron chi connectivity index (χ1n) is 10.2. The highest BCUT2D eigenvalue weighted by Gasteiger charge is 2.33. The number of fused-ring (bicyclic) bond motifs is 1. The topological polar surface area (TPSA) is 59.8 Å². The number of ketones is 1. The summed E-state index contributed by atoms with van der Waals surface area (Å²) in [5.74, 6) is 0.971. The molecule has 1 unspecified atom stereocenters. The number of hydrogen-bond donors (Lipinski definition) is 0. The molecule has 1 aliphatic heterocycles. The molecule has 0 radical (unpaired) electrons. The number of carbonyl (C=O) groups excluding carboxylic acids is 2. The number of likely N-dealkylation sites (tertiary alicyclic amines) is 1.